The molecule has 2 saturated heterocycles. The normalized spacial score (nSPS) is 21.4. The van der Waals surface area contributed by atoms with Gasteiger partial charge in [-0.1, -0.05) is 35.9 Å². The summed E-state index contributed by atoms with van der Waals surface area (Å²) in [4.78, 5) is 32.3. The lowest BCUT2D eigenvalue weighted by molar-refractivity contribution is 0.0540. The van der Waals surface area contributed by atoms with Crippen LogP contribution in [0, 0.1) is 11.3 Å². The number of rotatable bonds is 9. The Morgan fingerprint density at radius 2 is 1.85 bits per heavy atom. The predicted molar refractivity (Wildman–Crippen MR) is 178 cm³/mol. The average Bonchev–Trinajstić information content (AvgIpc) is 3.88. The number of fused-ring (bicyclic) bond motifs is 2. The molecule has 1 N–H and O–H groups in total. The molecule has 4 aliphatic rings. The van der Waals surface area contributed by atoms with E-state index < -0.39 is 12.1 Å². The Labute approximate surface area is 279 Å². The number of aromatic nitrogens is 2. The summed E-state index contributed by atoms with van der Waals surface area (Å²) in [6.45, 7) is 6.53. The topological polar surface area (TPSA) is 112 Å². The van der Waals surface area contributed by atoms with Crippen molar-refractivity contribution in [3.8, 4) is 12.1 Å². The van der Waals surface area contributed by atoms with E-state index in [-0.39, 0.29) is 25.2 Å². The Kier molecular flexibility index (Phi) is 8.96. The van der Waals surface area contributed by atoms with E-state index in [0.717, 1.165) is 79.1 Å². The molecule has 13 heteroatoms. The van der Waals surface area contributed by atoms with Gasteiger partial charge in [0, 0.05) is 75.5 Å². The molecule has 248 valence electrons. The Balaban J connectivity index is 1.18. The molecule has 1 atom stereocenters. The summed E-state index contributed by atoms with van der Waals surface area (Å²) in [5.41, 5.74) is 2.90. The number of piperazine rings is 2. The average molecular weight is 663 g/mol. The third-order valence-electron chi connectivity index (χ3n) is 10.3. The molecule has 0 unspecified atom stereocenters. The molecule has 7 rings (SSSR count). The molecule has 4 heterocycles. The van der Waals surface area contributed by atoms with Crippen LogP contribution in [0.4, 0.5) is 20.7 Å². The van der Waals surface area contributed by atoms with Crippen molar-refractivity contribution < 1.29 is 19.0 Å². The smallest absolute Gasteiger partial charge is 0.407 e. The van der Waals surface area contributed by atoms with Crippen molar-refractivity contribution in [2.75, 3.05) is 82.0 Å². The summed E-state index contributed by atoms with van der Waals surface area (Å²) in [5, 5.41) is 22.0. The summed E-state index contributed by atoms with van der Waals surface area (Å²) in [6.07, 6.45) is 1.87. The fourth-order valence-electron chi connectivity index (χ4n) is 7.50. The first-order valence-corrected chi connectivity index (χ1v) is 16.9. The van der Waals surface area contributed by atoms with Gasteiger partial charge in [0.05, 0.1) is 41.3 Å². The molecule has 2 aromatic carbocycles. The van der Waals surface area contributed by atoms with Crippen LogP contribution in [-0.4, -0.2) is 120 Å². The van der Waals surface area contributed by atoms with Gasteiger partial charge in [0.15, 0.2) is 0 Å². The summed E-state index contributed by atoms with van der Waals surface area (Å²) < 4.78 is 19.4. The summed E-state index contributed by atoms with van der Waals surface area (Å²) in [6, 6.07) is 14.2. The molecule has 47 heavy (non-hydrogen) atoms. The molecule has 3 fully saturated rings. The van der Waals surface area contributed by atoms with Crippen molar-refractivity contribution in [2.24, 2.45) is 0 Å². The van der Waals surface area contributed by atoms with E-state index in [1.54, 1.807) is 0 Å². The second-order valence-electron chi connectivity index (χ2n) is 13.0. The van der Waals surface area contributed by atoms with Gasteiger partial charge in [-0.3, -0.25) is 9.80 Å². The lowest BCUT2D eigenvalue weighted by Crippen LogP contribution is -2.55. The number of ether oxygens (including phenoxy) is 1. The van der Waals surface area contributed by atoms with Gasteiger partial charge in [0.1, 0.15) is 19.1 Å². The van der Waals surface area contributed by atoms with Crippen LogP contribution in [0.2, 0.25) is 5.02 Å². The molecule has 0 spiro atoms. The van der Waals surface area contributed by atoms with E-state index in [1.807, 2.05) is 18.2 Å². The number of alkyl halides is 1. The Bertz CT molecular complexity index is 1670. The number of amides is 1. The van der Waals surface area contributed by atoms with E-state index in [1.165, 1.54) is 4.90 Å². The highest BCUT2D eigenvalue weighted by atomic mass is 35.5. The minimum absolute atomic E-state index is 0.0576. The molecule has 1 aromatic heterocycles. The third-order valence-corrected chi connectivity index (χ3v) is 10.6. The van der Waals surface area contributed by atoms with Crippen molar-refractivity contribution in [1.82, 2.24) is 24.7 Å². The van der Waals surface area contributed by atoms with Gasteiger partial charge in [-0.15, -0.1) is 0 Å². The van der Waals surface area contributed by atoms with E-state index in [4.69, 9.17) is 26.3 Å². The number of nitriles is 1. The van der Waals surface area contributed by atoms with Crippen LogP contribution in [0.1, 0.15) is 30.5 Å². The molecule has 0 bridgehead atoms. The first-order valence-electron chi connectivity index (χ1n) is 16.5. The Hall–Kier alpha value is -3.92. The first-order chi connectivity index (χ1) is 22.9. The van der Waals surface area contributed by atoms with Gasteiger partial charge >= 0.3 is 12.1 Å². The molecular formula is C34H40ClFN8O3. The number of hydrogen-bond donors (Lipinski definition) is 1. The van der Waals surface area contributed by atoms with Crippen molar-refractivity contribution in [3.05, 3.63) is 52.7 Å². The van der Waals surface area contributed by atoms with Crippen LogP contribution in [0.5, 0.6) is 6.01 Å². The second-order valence-corrected chi connectivity index (χ2v) is 13.4. The van der Waals surface area contributed by atoms with Crippen molar-refractivity contribution >= 4 is 40.0 Å². The zero-order valence-electron chi connectivity index (χ0n) is 26.5. The molecule has 1 saturated carbocycles. The van der Waals surface area contributed by atoms with E-state index in [2.05, 4.69) is 43.9 Å². The van der Waals surface area contributed by atoms with Crippen molar-refractivity contribution in [1.29, 1.82) is 5.26 Å². The van der Waals surface area contributed by atoms with Crippen molar-refractivity contribution in [3.63, 3.8) is 0 Å². The maximum Gasteiger partial charge on any atom is 0.407 e. The Morgan fingerprint density at radius 1 is 1.06 bits per heavy atom. The summed E-state index contributed by atoms with van der Waals surface area (Å²) in [7, 11) is 0. The summed E-state index contributed by atoms with van der Waals surface area (Å²) in [5.74, 6) is 0.762. The molecule has 1 amide bonds. The zero-order chi connectivity index (χ0) is 32.5. The number of benzene rings is 2. The number of nitrogens with zero attached hydrogens (tertiary/aromatic N) is 8. The first kappa shape index (κ1) is 31.7. The van der Waals surface area contributed by atoms with Gasteiger partial charge in [0.25, 0.3) is 0 Å². The second kappa shape index (κ2) is 13.3. The molecule has 3 aromatic rings. The van der Waals surface area contributed by atoms with Gasteiger partial charge < -0.3 is 24.5 Å². The van der Waals surface area contributed by atoms with Crippen LogP contribution in [-0.2, 0) is 13.0 Å². The van der Waals surface area contributed by atoms with Crippen LogP contribution in [0.25, 0.3) is 10.8 Å². The highest BCUT2D eigenvalue weighted by molar-refractivity contribution is 6.36. The maximum atomic E-state index is 12.9. The SMILES string of the molecule is N#CC[C@H]1CN(c2nc(OCC3(N4CCN(CCF)CC4)CC3)nc3c2CCN(c2cccc4cccc(Cl)c24)C3)CCN1C(=O)O. The minimum Gasteiger partial charge on any atom is -0.465 e. The van der Waals surface area contributed by atoms with Gasteiger partial charge in [-0.25, -0.2) is 9.18 Å². The number of carboxylic acid groups (broad SMARTS) is 1. The number of carbonyl (C=O) groups is 1. The van der Waals surface area contributed by atoms with Gasteiger partial charge in [-0.05, 0) is 36.8 Å². The standard InChI is InChI=1S/C34H40ClFN8O3/c35-27-5-1-3-24-4-2-6-29(30(24)27)41-13-8-26-28(22-41)38-32(39-31(26)42-17-20-44(33(45)46)25(21-42)7-12-37)47-23-34(9-10-34)43-18-15-40(14-11-36)16-19-43/h1-6,25H,7-11,13-23H2,(H,45,46)/t25-/m0/s1. The van der Waals surface area contributed by atoms with E-state index >= 15 is 0 Å². The number of halogens is 2. The molecule has 1 aliphatic carbocycles. The number of hydrogen-bond acceptors (Lipinski definition) is 9. The van der Waals surface area contributed by atoms with Crippen LogP contribution < -0.4 is 14.5 Å². The van der Waals surface area contributed by atoms with Crippen LogP contribution in [0.15, 0.2) is 36.4 Å². The molecule has 11 nitrogen and oxygen atoms in total. The highest BCUT2D eigenvalue weighted by Gasteiger charge is 2.49. The lowest BCUT2D eigenvalue weighted by Gasteiger charge is -2.41. The van der Waals surface area contributed by atoms with Crippen LogP contribution >= 0.6 is 11.6 Å². The monoisotopic (exact) mass is 662 g/mol. The number of anilines is 2. The van der Waals surface area contributed by atoms with Gasteiger partial charge in [0.2, 0.25) is 0 Å². The lowest BCUT2D eigenvalue weighted by atomic mass is 10.0. The van der Waals surface area contributed by atoms with E-state index in [9.17, 15) is 19.6 Å². The molecular weight excluding hydrogens is 623 g/mol. The quantitative estimate of drug-likeness (QED) is 0.353. The zero-order valence-corrected chi connectivity index (χ0v) is 27.2. The van der Waals surface area contributed by atoms with Crippen LogP contribution in [0.3, 0.4) is 0 Å². The Morgan fingerprint density at radius 3 is 2.57 bits per heavy atom. The fraction of sp³-hybridized carbons (Fsp3) is 0.529. The van der Waals surface area contributed by atoms with E-state index in [0.29, 0.717) is 50.2 Å². The minimum atomic E-state index is -1.01. The fourth-order valence-corrected chi connectivity index (χ4v) is 7.78. The molecule has 0 radical (unpaired) electrons. The summed E-state index contributed by atoms with van der Waals surface area (Å²) >= 11 is 6.71. The highest BCUT2D eigenvalue weighted by Crippen LogP contribution is 2.43. The predicted octanol–water partition coefficient (Wildman–Crippen LogP) is 4.43. The largest absolute Gasteiger partial charge is 0.465 e. The van der Waals surface area contributed by atoms with Crippen molar-refractivity contribution in [2.45, 2.75) is 43.8 Å². The maximum absolute atomic E-state index is 12.9. The van der Waals surface area contributed by atoms with Gasteiger partial charge in [-0.2, -0.15) is 15.2 Å². The third kappa shape index (κ3) is 6.36. The molecule has 3 aliphatic heterocycles.